The molecule has 1 fully saturated rings. The molecule has 12 nitrogen and oxygen atoms in total. The molecule has 0 saturated carbocycles. The average Bonchev–Trinajstić information content (AvgIpc) is 3.35. The molecule has 1 aromatic carbocycles. The van der Waals surface area contributed by atoms with E-state index in [1.54, 1.807) is 41.8 Å². The molecule has 0 aliphatic carbocycles. The van der Waals surface area contributed by atoms with Crippen LogP contribution in [0, 0.1) is 23.2 Å². The fraction of sp³-hybridized carbons (Fsp3) is 0.357. The Kier molecular flexibility index (Phi) is 7.36. The molecule has 1 aliphatic heterocycles. The van der Waals surface area contributed by atoms with Crippen LogP contribution in [0.3, 0.4) is 0 Å². The van der Waals surface area contributed by atoms with Gasteiger partial charge in [0.2, 0.25) is 5.95 Å². The van der Waals surface area contributed by atoms with Crippen molar-refractivity contribution in [3.8, 4) is 17.9 Å². The number of fused-ring (bicyclic) bond motifs is 2. The molecule has 0 amide bonds. The minimum atomic E-state index is -0.719. The van der Waals surface area contributed by atoms with Gasteiger partial charge in [0.25, 0.3) is 5.56 Å². The van der Waals surface area contributed by atoms with Crippen molar-refractivity contribution in [1.82, 2.24) is 23.7 Å². The van der Waals surface area contributed by atoms with Crippen LogP contribution in [0.4, 0.5) is 5.95 Å². The van der Waals surface area contributed by atoms with Crippen molar-refractivity contribution in [2.24, 2.45) is 5.73 Å². The van der Waals surface area contributed by atoms with Crippen molar-refractivity contribution < 1.29 is 9.53 Å². The van der Waals surface area contributed by atoms with Crippen molar-refractivity contribution in [1.29, 1.82) is 5.26 Å². The molecule has 204 valence electrons. The predicted octanol–water partition coefficient (Wildman–Crippen LogP) is 0.952. The number of ether oxygens (including phenoxy) is 1. The monoisotopic (exact) mass is 540 g/mol. The quantitative estimate of drug-likeness (QED) is 0.278. The number of nitrogens with zero attached hydrogens (tertiary/aromatic N) is 7. The zero-order valence-electron chi connectivity index (χ0n) is 22.3. The number of methoxy groups -OCH3 is 1. The molecule has 4 heterocycles. The number of esters is 1. The highest BCUT2D eigenvalue weighted by molar-refractivity contribution is 5.84. The molecular formula is C28H28N8O4. The molecule has 40 heavy (non-hydrogen) atoms. The summed E-state index contributed by atoms with van der Waals surface area (Å²) in [5.41, 5.74) is 6.63. The number of nitriles is 1. The van der Waals surface area contributed by atoms with Crippen LogP contribution >= 0.6 is 0 Å². The number of hydrogen-bond acceptors (Lipinski definition) is 9. The number of carbonyl (C=O) groups is 1. The summed E-state index contributed by atoms with van der Waals surface area (Å²) in [6, 6.07) is 10.7. The molecule has 1 aliphatic rings. The largest absolute Gasteiger partial charge is 0.468 e. The third-order valence-electron chi connectivity index (χ3n) is 6.99. The highest BCUT2D eigenvalue weighted by atomic mass is 16.5. The first-order chi connectivity index (χ1) is 19.4. The van der Waals surface area contributed by atoms with E-state index in [1.165, 1.54) is 7.11 Å². The molecule has 1 unspecified atom stereocenters. The number of carbonyl (C=O) groups excluding carboxylic acids is 1. The number of benzene rings is 1. The second-order valence-corrected chi connectivity index (χ2v) is 9.57. The minimum Gasteiger partial charge on any atom is -0.468 e. The molecule has 4 aromatic rings. The van der Waals surface area contributed by atoms with Crippen molar-refractivity contribution in [2.75, 3.05) is 25.1 Å². The molecule has 3 aromatic heterocycles. The fourth-order valence-electron chi connectivity index (χ4n) is 5.04. The van der Waals surface area contributed by atoms with E-state index in [1.807, 2.05) is 4.90 Å². The molecule has 0 bridgehead atoms. The van der Waals surface area contributed by atoms with Crippen LogP contribution in [0.1, 0.15) is 31.0 Å². The van der Waals surface area contributed by atoms with E-state index in [0.717, 1.165) is 22.0 Å². The van der Waals surface area contributed by atoms with Crippen LogP contribution in [-0.2, 0) is 29.2 Å². The van der Waals surface area contributed by atoms with Gasteiger partial charge in [0.15, 0.2) is 11.2 Å². The van der Waals surface area contributed by atoms with E-state index in [4.69, 9.17) is 15.5 Å². The van der Waals surface area contributed by atoms with Gasteiger partial charge in [0, 0.05) is 24.5 Å². The lowest BCUT2D eigenvalue weighted by atomic mass is 10.1. The maximum atomic E-state index is 14.0. The third-order valence-corrected chi connectivity index (χ3v) is 6.99. The van der Waals surface area contributed by atoms with Gasteiger partial charge in [-0.3, -0.25) is 28.3 Å². The van der Waals surface area contributed by atoms with Crippen LogP contribution in [0.2, 0.25) is 0 Å². The zero-order chi connectivity index (χ0) is 28.4. The number of hydrogen-bond donors (Lipinski definition) is 1. The topological polar surface area (TPSA) is 154 Å². The number of nitrogens with two attached hydrogens (primary N) is 1. The maximum Gasteiger partial charge on any atom is 0.333 e. The van der Waals surface area contributed by atoms with E-state index in [-0.39, 0.29) is 30.3 Å². The number of rotatable bonds is 6. The van der Waals surface area contributed by atoms with Crippen LogP contribution in [0.25, 0.3) is 22.1 Å². The minimum absolute atomic E-state index is 0.0614. The summed E-state index contributed by atoms with van der Waals surface area (Å²) < 4.78 is 8.72. The summed E-state index contributed by atoms with van der Waals surface area (Å²) >= 11 is 0. The Bertz CT molecular complexity index is 1850. The Hall–Kier alpha value is -4.94. The molecule has 1 atom stereocenters. The fourth-order valence-corrected chi connectivity index (χ4v) is 5.04. The van der Waals surface area contributed by atoms with E-state index in [0.29, 0.717) is 41.2 Å². The van der Waals surface area contributed by atoms with Gasteiger partial charge in [0.1, 0.15) is 6.54 Å². The first-order valence-electron chi connectivity index (χ1n) is 12.9. The van der Waals surface area contributed by atoms with E-state index in [9.17, 15) is 19.6 Å². The molecule has 2 N–H and O–H groups in total. The van der Waals surface area contributed by atoms with Crippen LogP contribution in [0.5, 0.6) is 0 Å². The first kappa shape index (κ1) is 26.7. The second kappa shape index (κ2) is 11.0. The number of aromatic nitrogens is 5. The molecule has 0 radical (unpaired) electrons. The summed E-state index contributed by atoms with van der Waals surface area (Å²) in [7, 11) is 1.23. The van der Waals surface area contributed by atoms with E-state index < -0.39 is 23.8 Å². The highest BCUT2D eigenvalue weighted by Gasteiger charge is 2.27. The second-order valence-electron chi connectivity index (χ2n) is 9.57. The Morgan fingerprint density at radius 3 is 2.73 bits per heavy atom. The molecule has 5 rings (SSSR count). The molecule has 12 heteroatoms. The lowest BCUT2D eigenvalue weighted by Gasteiger charge is -2.31. The first-order valence-corrected chi connectivity index (χ1v) is 12.9. The Balaban J connectivity index is 1.73. The Morgan fingerprint density at radius 1 is 1.18 bits per heavy atom. The molecular weight excluding hydrogens is 512 g/mol. The summed E-state index contributed by atoms with van der Waals surface area (Å²) in [5.74, 6) is 5.65. The number of anilines is 1. The normalized spacial score (nSPS) is 15.1. The smallest absolute Gasteiger partial charge is 0.333 e. The Labute approximate surface area is 229 Å². The van der Waals surface area contributed by atoms with Gasteiger partial charge < -0.3 is 15.4 Å². The third kappa shape index (κ3) is 4.81. The summed E-state index contributed by atoms with van der Waals surface area (Å²) in [4.78, 5) is 51.3. The van der Waals surface area contributed by atoms with Crippen molar-refractivity contribution in [2.45, 2.75) is 45.4 Å². The highest BCUT2D eigenvalue weighted by Crippen LogP contribution is 2.23. The van der Waals surface area contributed by atoms with E-state index in [2.05, 4.69) is 22.9 Å². The van der Waals surface area contributed by atoms with Gasteiger partial charge >= 0.3 is 11.7 Å². The van der Waals surface area contributed by atoms with Gasteiger partial charge in [-0.25, -0.2) is 4.79 Å². The van der Waals surface area contributed by atoms with Crippen LogP contribution < -0.4 is 21.9 Å². The van der Waals surface area contributed by atoms with Crippen LogP contribution in [0.15, 0.2) is 39.9 Å². The van der Waals surface area contributed by atoms with Gasteiger partial charge in [0.05, 0.1) is 43.0 Å². The number of piperidine rings is 1. The van der Waals surface area contributed by atoms with Gasteiger partial charge in [-0.1, -0.05) is 12.0 Å². The summed E-state index contributed by atoms with van der Waals surface area (Å²) in [6.07, 6.45) is 1.73. The van der Waals surface area contributed by atoms with Crippen molar-refractivity contribution in [3.05, 3.63) is 62.4 Å². The lowest BCUT2D eigenvalue weighted by molar-refractivity contribution is -0.141. The van der Waals surface area contributed by atoms with E-state index >= 15 is 0 Å². The van der Waals surface area contributed by atoms with Crippen LogP contribution in [-0.4, -0.2) is 55.9 Å². The SMILES string of the molecule is CC#CCn1c(N2CCCC(N)C2)nc2c1c(=O)n(Cc1ccc3c(C#N)cccc3n1)c(=O)n2CC(=O)OC. The van der Waals surface area contributed by atoms with Gasteiger partial charge in [-0.15, -0.1) is 5.92 Å². The van der Waals surface area contributed by atoms with Gasteiger partial charge in [-0.2, -0.15) is 10.2 Å². The maximum absolute atomic E-state index is 14.0. The number of pyridine rings is 1. The molecule has 0 spiro atoms. The predicted molar refractivity (Wildman–Crippen MR) is 149 cm³/mol. The Morgan fingerprint density at radius 2 is 2.00 bits per heavy atom. The zero-order valence-corrected chi connectivity index (χ0v) is 22.3. The van der Waals surface area contributed by atoms with Crippen molar-refractivity contribution >= 4 is 34.0 Å². The average molecular weight is 541 g/mol. The van der Waals surface area contributed by atoms with Crippen molar-refractivity contribution in [3.63, 3.8) is 0 Å². The number of imidazole rings is 1. The summed E-state index contributed by atoms with van der Waals surface area (Å²) in [6.45, 7) is 2.48. The lowest BCUT2D eigenvalue weighted by Crippen LogP contribution is -2.44. The standard InChI is InChI=1S/C28H28N8O4/c1-3-4-13-34-24-25(32-27(34)33-12-6-8-19(30)15-33)35(17-23(37)40-2)28(39)36(26(24)38)16-20-10-11-21-18(14-29)7-5-9-22(21)31-20/h5,7,9-11,19H,6,8,12-13,15-17,30H2,1-2H3. The van der Waals surface area contributed by atoms with Gasteiger partial charge in [-0.05, 0) is 44.0 Å². The summed E-state index contributed by atoms with van der Waals surface area (Å²) in [5, 5.41) is 10.1. The molecule has 1 saturated heterocycles.